The zero-order valence-electron chi connectivity index (χ0n) is 18.2. The maximum absolute atomic E-state index is 4.41. The van der Waals surface area contributed by atoms with Crippen molar-refractivity contribution < 1.29 is 4.57 Å². The van der Waals surface area contributed by atoms with Gasteiger partial charge in [0, 0.05) is 69.9 Å². The highest BCUT2D eigenvalue weighted by Crippen LogP contribution is 2.22. The first kappa shape index (κ1) is 20.3. The minimum atomic E-state index is 0.521. The van der Waals surface area contributed by atoms with Crippen LogP contribution in [0.5, 0.6) is 0 Å². The lowest BCUT2D eigenvalue weighted by molar-refractivity contribution is -0.658. The average molecular weight is 408 g/mol. The quantitative estimate of drug-likeness (QED) is 0.257. The Morgan fingerprint density at radius 2 is 1.57 bits per heavy atom. The summed E-state index contributed by atoms with van der Waals surface area (Å²) < 4.78 is 3.93. The molecule has 2 saturated heterocycles. The second-order valence-corrected chi connectivity index (χ2v) is 8.04. The Labute approximate surface area is 177 Å². The fourth-order valence-corrected chi connectivity index (χ4v) is 3.90. The molecule has 2 aromatic heterocycles. The third kappa shape index (κ3) is 4.75. The number of amidine groups is 1. The third-order valence-corrected chi connectivity index (χ3v) is 5.75. The molecule has 0 bridgehead atoms. The van der Waals surface area contributed by atoms with Crippen LogP contribution in [0.25, 0.3) is 0 Å². The van der Waals surface area contributed by atoms with Gasteiger partial charge in [-0.15, -0.1) is 10.2 Å². The smallest absolute Gasteiger partial charge is 0.352 e. The van der Waals surface area contributed by atoms with Crippen LogP contribution in [0.1, 0.15) is 32.6 Å². The summed E-state index contributed by atoms with van der Waals surface area (Å²) in [7, 11) is 3.95. The van der Waals surface area contributed by atoms with Crippen molar-refractivity contribution in [3.05, 3.63) is 42.1 Å². The van der Waals surface area contributed by atoms with Gasteiger partial charge >= 0.3 is 5.82 Å². The van der Waals surface area contributed by atoms with Crippen LogP contribution in [0.3, 0.4) is 0 Å². The van der Waals surface area contributed by atoms with Crippen LogP contribution in [0.15, 0.2) is 57.1 Å². The summed E-state index contributed by atoms with van der Waals surface area (Å²) in [4.78, 5) is 4.78. The molecular weight excluding hydrogens is 376 g/mol. The van der Waals surface area contributed by atoms with E-state index in [0.29, 0.717) is 5.84 Å². The highest BCUT2D eigenvalue weighted by molar-refractivity contribution is 5.79. The monoisotopic (exact) mass is 407 g/mol. The van der Waals surface area contributed by atoms with Crippen molar-refractivity contribution in [2.24, 2.45) is 34.5 Å². The number of anilines is 2. The topological polar surface area (TPSA) is 64.7 Å². The van der Waals surface area contributed by atoms with Crippen LogP contribution in [0.2, 0.25) is 0 Å². The second kappa shape index (κ2) is 9.19. The Hall–Kier alpha value is -3.03. The molecule has 0 unspecified atom stereocenters. The molecule has 4 rings (SSSR count). The molecule has 0 spiro atoms. The van der Waals surface area contributed by atoms with E-state index in [4.69, 9.17) is 0 Å². The van der Waals surface area contributed by atoms with Gasteiger partial charge in [0.15, 0.2) is 11.3 Å². The maximum Gasteiger partial charge on any atom is 0.352 e. The van der Waals surface area contributed by atoms with Crippen LogP contribution in [-0.4, -0.2) is 36.6 Å². The van der Waals surface area contributed by atoms with Gasteiger partial charge in [0.2, 0.25) is 0 Å². The van der Waals surface area contributed by atoms with E-state index in [0.717, 1.165) is 37.5 Å². The summed E-state index contributed by atoms with van der Waals surface area (Å²) in [5.41, 5.74) is 3.20. The summed E-state index contributed by atoms with van der Waals surface area (Å²) in [6, 6.07) is 8.43. The van der Waals surface area contributed by atoms with Crippen LogP contribution in [0, 0.1) is 0 Å². The molecule has 2 fully saturated rings. The molecule has 0 radical (unpaired) electrons. The zero-order chi connectivity index (χ0) is 20.9. The Kier molecular flexibility index (Phi) is 6.21. The number of nitrogens with zero attached hydrogens (tertiary/aromatic N) is 8. The molecule has 30 heavy (non-hydrogen) atoms. The average Bonchev–Trinajstić information content (AvgIpc) is 3.47. The standard InChI is InChI=1S/C22H31N8/c1-18(23-25-21-16-19(8-14-27(21)2)29-10-4-5-11-29)24-26-22-17-20(9-15-28(22)3)30-12-6-7-13-30/h8-9,14-17H,4-7,10-13H2,1-3H3/q+1. The van der Waals surface area contributed by atoms with Crippen molar-refractivity contribution in [3.8, 4) is 0 Å². The van der Waals surface area contributed by atoms with Gasteiger partial charge < -0.3 is 14.4 Å². The predicted molar refractivity (Wildman–Crippen MR) is 119 cm³/mol. The predicted octanol–water partition coefficient (Wildman–Crippen LogP) is 3.07. The third-order valence-electron chi connectivity index (χ3n) is 5.75. The largest absolute Gasteiger partial charge is 0.371 e. The van der Waals surface area contributed by atoms with Crippen LogP contribution in [0.4, 0.5) is 17.2 Å². The first-order valence-corrected chi connectivity index (χ1v) is 10.8. The Bertz CT molecular complexity index is 1010. The summed E-state index contributed by atoms with van der Waals surface area (Å²) in [6.07, 6.45) is 9.07. The van der Waals surface area contributed by atoms with Crippen LogP contribution >= 0.6 is 0 Å². The minimum Gasteiger partial charge on any atom is -0.371 e. The summed E-state index contributed by atoms with van der Waals surface area (Å²) in [5, 5.41) is 17.4. The normalized spacial score (nSPS) is 18.2. The Balaban J connectivity index is 1.52. The first-order valence-electron chi connectivity index (χ1n) is 10.8. The minimum absolute atomic E-state index is 0.521. The molecule has 8 heteroatoms. The van der Waals surface area contributed by atoms with Gasteiger partial charge in [-0.05, 0) is 36.9 Å². The van der Waals surface area contributed by atoms with Crippen molar-refractivity contribution >= 4 is 23.0 Å². The number of hydrogen-bond acceptors (Lipinski definition) is 5. The lowest BCUT2D eigenvalue weighted by Gasteiger charge is -2.17. The molecule has 0 saturated carbocycles. The van der Waals surface area contributed by atoms with Gasteiger partial charge in [0.1, 0.15) is 0 Å². The van der Waals surface area contributed by atoms with E-state index in [9.17, 15) is 0 Å². The van der Waals surface area contributed by atoms with Gasteiger partial charge in [-0.2, -0.15) is 0 Å². The SMILES string of the molecule is CC(N=Nc1cc(N2CCCC2)cc[n+]1C)=NN=c1cc(N2CCCC2)ccn1C. The molecular formula is C22H31N8+. The molecule has 158 valence electrons. The Morgan fingerprint density at radius 1 is 0.933 bits per heavy atom. The van der Waals surface area contributed by atoms with Crippen molar-refractivity contribution in [1.29, 1.82) is 0 Å². The van der Waals surface area contributed by atoms with E-state index >= 15 is 0 Å². The summed E-state index contributed by atoms with van der Waals surface area (Å²) in [5.74, 6) is 1.32. The highest BCUT2D eigenvalue weighted by atomic mass is 15.3. The molecule has 2 aliphatic rings. The highest BCUT2D eigenvalue weighted by Gasteiger charge is 2.16. The molecule has 0 N–H and O–H groups in total. The van der Waals surface area contributed by atoms with E-state index < -0.39 is 0 Å². The maximum atomic E-state index is 4.41. The molecule has 4 heterocycles. The van der Waals surface area contributed by atoms with Crippen molar-refractivity contribution in [1.82, 2.24) is 4.57 Å². The molecule has 0 aromatic carbocycles. The molecule has 2 aliphatic heterocycles. The van der Waals surface area contributed by atoms with Gasteiger partial charge in [-0.1, -0.05) is 0 Å². The van der Waals surface area contributed by atoms with Gasteiger partial charge in [0.25, 0.3) is 0 Å². The molecule has 8 nitrogen and oxygen atoms in total. The number of rotatable bonds is 4. The number of azo groups is 1. The fraction of sp³-hybridized carbons (Fsp3) is 0.500. The first-order chi connectivity index (χ1) is 14.6. The van der Waals surface area contributed by atoms with Crippen molar-refractivity contribution in [3.63, 3.8) is 0 Å². The zero-order valence-corrected chi connectivity index (χ0v) is 18.2. The van der Waals surface area contributed by atoms with E-state index in [1.54, 1.807) is 0 Å². The van der Waals surface area contributed by atoms with Gasteiger partial charge in [-0.25, -0.2) is 4.57 Å². The van der Waals surface area contributed by atoms with E-state index in [1.165, 1.54) is 37.1 Å². The van der Waals surface area contributed by atoms with Crippen molar-refractivity contribution in [2.75, 3.05) is 36.0 Å². The molecule has 0 aliphatic carbocycles. The number of hydrogen-bond donors (Lipinski definition) is 0. The van der Waals surface area contributed by atoms with E-state index in [1.807, 2.05) is 42.5 Å². The van der Waals surface area contributed by atoms with E-state index in [-0.39, 0.29) is 0 Å². The van der Waals surface area contributed by atoms with Crippen molar-refractivity contribution in [2.45, 2.75) is 32.6 Å². The number of aryl methyl sites for hydroxylation is 2. The van der Waals surface area contributed by atoms with Gasteiger partial charge in [-0.3, -0.25) is 0 Å². The number of pyridine rings is 2. The van der Waals surface area contributed by atoms with Gasteiger partial charge in [0.05, 0.1) is 24.4 Å². The molecule has 0 atom stereocenters. The fourth-order valence-electron chi connectivity index (χ4n) is 3.90. The number of aromatic nitrogens is 2. The summed E-state index contributed by atoms with van der Waals surface area (Å²) >= 11 is 0. The van der Waals surface area contributed by atoms with Crippen LogP contribution in [-0.2, 0) is 14.1 Å². The second-order valence-electron chi connectivity index (χ2n) is 8.04. The summed E-state index contributed by atoms with van der Waals surface area (Å²) in [6.45, 7) is 6.25. The van der Waals surface area contributed by atoms with E-state index in [2.05, 4.69) is 54.5 Å². The molecule has 0 amide bonds. The Morgan fingerprint density at radius 3 is 2.23 bits per heavy atom. The lowest BCUT2D eigenvalue weighted by Crippen LogP contribution is -2.28. The van der Waals surface area contributed by atoms with Crippen LogP contribution < -0.4 is 19.9 Å². The molecule has 2 aromatic rings. The lowest BCUT2D eigenvalue weighted by atomic mass is 10.3.